The molecule has 81 heavy (non-hydrogen) atoms. The van der Waals surface area contributed by atoms with Gasteiger partial charge in [-0.15, -0.1) is 509 Å². The second-order valence-corrected chi connectivity index (χ2v) is 0. The smallest absolute Gasteiger partial charge is 0.147 e. The Bertz CT molecular complexity index is 81.0. The molecule has 0 bridgehead atoms. The summed E-state index contributed by atoms with van der Waals surface area (Å²) in [6.45, 7) is 0. The average Bonchev–Trinajstić information content (AvgIpc) is 0. The molecule has 0 N–H and O–H groups in total. The zero-order valence-corrected chi connectivity index (χ0v) is 119. The summed E-state index contributed by atoms with van der Waals surface area (Å²) in [4.78, 5) is 0. The molecule has 0 aromatic heterocycles. The van der Waals surface area contributed by atoms with Crippen molar-refractivity contribution >= 4 is 1200 Å². The van der Waals surface area contributed by atoms with E-state index in [2.05, 4.69) is 0 Å². The first-order valence-corrected chi connectivity index (χ1v) is 0. The minimum atomic E-state index is 0. The van der Waals surface area contributed by atoms with Crippen molar-refractivity contribution in [3.05, 3.63) is 0 Å². The van der Waals surface area contributed by atoms with Crippen LogP contribution in [0.2, 0.25) is 0 Å². The van der Waals surface area contributed by atoms with E-state index in [1.165, 1.54) is 0 Å². The van der Waals surface area contributed by atoms with Crippen LogP contribution < -0.4 is 0 Å². The summed E-state index contributed by atoms with van der Waals surface area (Å²) in [7, 11) is 0. The van der Waals surface area contributed by atoms with Gasteiger partial charge in [0, 0.05) is 0 Å². The van der Waals surface area contributed by atoms with E-state index < -0.39 is 0 Å². The fourth-order valence-corrected chi connectivity index (χ4v) is 0. The monoisotopic (exact) mass is 2550 g/mol. The minimum Gasteiger partial charge on any atom is -0.147 e. The SMILES string of the molecule is Cl.Cl.Cl.Cl.Cl.Cl.Cl.Cl.Cl.Cl.Cl.Cl.Cl.Cl.Cl.Cl.Cl.Cl.Cl.Cl.Cl.Cl.Cl.Cl.Cl.Cl.Cl.Cl.Cl.Cl.Cl.Cl.Cl.Cl.Cl.Cl.Cl.Cl.Cl.Cl.Cl.[Al+3].[Al+3].[Al+3].[Al+3].[Al+3].[Al+3].[Al+3].[Al+3].[Al+3].[Al+3].[Al+3].[Al+3].[Al+3].[Al+3].[Al+3].[Al+3].[Al+3].[Al+3].[Al+3].[Al+3].[Al+3].[Al+3].[Al+3].[Al+3].[Al+3].[Al+3].[Al+3].[Al+3].[Al+3].[Al+3].[Al+3].[Al+3].[Al+3].[Al+3].[Al+3].[Al+3].[Al+3].[Al+3].[Al+3].[Al+3]. The molecule has 0 nitrogen and oxygen atoms in total. The first-order chi connectivity index (χ1) is 0. The van der Waals surface area contributed by atoms with E-state index in [1.807, 2.05) is 0 Å². The van der Waals surface area contributed by atoms with Gasteiger partial charge in [0.2, 0.25) is 0 Å². The van der Waals surface area contributed by atoms with Crippen molar-refractivity contribution in [3.63, 3.8) is 0 Å². The summed E-state index contributed by atoms with van der Waals surface area (Å²) < 4.78 is 0. The third-order valence-electron chi connectivity index (χ3n) is 0. The van der Waals surface area contributed by atoms with E-state index in [0.29, 0.717) is 0 Å². The Morgan fingerprint density at radius 3 is 0.0247 bits per heavy atom. The van der Waals surface area contributed by atoms with Gasteiger partial charge in [-0.05, 0) is 0 Å². The summed E-state index contributed by atoms with van der Waals surface area (Å²) in [5.74, 6) is 0. The molecule has 0 fully saturated rings. The molecule has 0 saturated carbocycles. The zero-order chi connectivity index (χ0) is 0. The van der Waals surface area contributed by atoms with Crippen molar-refractivity contribution in [2.75, 3.05) is 0 Å². The molecule has 81 heteroatoms. The molecule has 0 unspecified atom stereocenters. The molecule has 0 aliphatic heterocycles. The number of halogens is 41. The number of hydrogen-bond acceptors (Lipinski definition) is 0. The van der Waals surface area contributed by atoms with Gasteiger partial charge < -0.3 is 0 Å². The Morgan fingerprint density at radius 1 is 0.0247 bits per heavy atom. The Hall–Kier alpha value is 33.2. The maximum Gasteiger partial charge on any atom is 3.00 e. The van der Waals surface area contributed by atoms with Crippen LogP contribution in [0.25, 0.3) is 0 Å². The second-order valence-electron chi connectivity index (χ2n) is 0. The van der Waals surface area contributed by atoms with Crippen LogP contribution in [-0.4, -0.2) is 694 Å². The molecule has 0 aliphatic rings. The Kier molecular flexibility index (Phi) is 21200. The fraction of sp³-hybridized carbons (Fsp3) is 0. The zero-order valence-electron chi connectivity index (χ0n) is 39.8. The molecule has 0 aliphatic carbocycles. The van der Waals surface area contributed by atoms with Crippen LogP contribution in [0.15, 0.2) is 0 Å². The van der Waals surface area contributed by atoms with Crippen LogP contribution >= 0.6 is 509 Å². The maximum atomic E-state index is 0. The van der Waals surface area contributed by atoms with Gasteiger partial charge in [-0.25, -0.2) is 0 Å². The molecule has 0 radical (unpaired) electrons. The second kappa shape index (κ2) is 1290. The molecule has 0 saturated heterocycles. The van der Waals surface area contributed by atoms with Crippen LogP contribution in [0.3, 0.4) is 0 Å². The van der Waals surface area contributed by atoms with Gasteiger partial charge in [-0.2, -0.15) is 0 Å². The van der Waals surface area contributed by atoms with Crippen molar-refractivity contribution in [1.82, 2.24) is 0 Å². The van der Waals surface area contributed by atoms with Gasteiger partial charge in [0.15, 0.2) is 0 Å². The average molecular weight is 2570 g/mol. The first kappa shape index (κ1) is 1330. The van der Waals surface area contributed by atoms with Gasteiger partial charge in [-0.1, -0.05) is 0 Å². The maximum absolute atomic E-state index is 0. The molecular formula is H41Al40Cl41+120. The fourth-order valence-electron chi connectivity index (χ4n) is 0. The van der Waals surface area contributed by atoms with Crippen LogP contribution in [0.1, 0.15) is 0 Å². The molecular weight excluding hydrogens is 2530 g/mol. The minimum absolute atomic E-state index is 0. The van der Waals surface area contributed by atoms with Gasteiger partial charge in [0.1, 0.15) is 0 Å². The normalized spacial score (nSPS) is 0. The molecule has 0 spiro atoms. The van der Waals surface area contributed by atoms with Crippen molar-refractivity contribution in [1.29, 1.82) is 0 Å². The van der Waals surface area contributed by atoms with E-state index in [4.69, 9.17) is 0 Å². The molecule has 0 aromatic rings. The van der Waals surface area contributed by atoms with E-state index in [-0.39, 0.29) is 1200 Å². The van der Waals surface area contributed by atoms with Crippen molar-refractivity contribution in [2.24, 2.45) is 0 Å². The van der Waals surface area contributed by atoms with Crippen molar-refractivity contribution < 1.29 is 0 Å². The Morgan fingerprint density at radius 2 is 0.0247 bits per heavy atom. The van der Waals surface area contributed by atoms with Crippen LogP contribution in [0.4, 0.5) is 0 Å². The molecule has 0 rings (SSSR count). The third-order valence-corrected chi connectivity index (χ3v) is 0. The standard InChI is InChI=1S/40Al.41ClH/h;;;;;;;;;;;;;;;;;;;;;;;;;;;;;;;;;;;;;;;;41*1H/q40*+3;;;;;;;;;;;;;;;;;;;;;;;;;;;;;;;;;;;;;;;;;. The number of hydrogen-bond donors (Lipinski definition) is 0. The molecule has 328 valence electrons. The van der Waals surface area contributed by atoms with Gasteiger partial charge in [-0.3, -0.25) is 0 Å². The predicted octanol–water partition coefficient (Wildman–Crippen LogP) is 2.06. The first-order valence-electron chi connectivity index (χ1n) is 0. The van der Waals surface area contributed by atoms with Crippen LogP contribution in [-0.2, 0) is 0 Å². The molecule has 0 atom stereocenters. The van der Waals surface area contributed by atoms with E-state index in [9.17, 15) is 0 Å². The summed E-state index contributed by atoms with van der Waals surface area (Å²) in [6, 6.07) is 0. The summed E-state index contributed by atoms with van der Waals surface area (Å²) >= 11 is 0. The molecule has 0 heterocycles. The van der Waals surface area contributed by atoms with Gasteiger partial charge in [0.25, 0.3) is 0 Å². The van der Waals surface area contributed by atoms with Gasteiger partial charge in [0.05, 0.1) is 0 Å². The Labute approximate surface area is 1170 Å². The molecule has 0 amide bonds. The van der Waals surface area contributed by atoms with Gasteiger partial charge >= 0.3 is 694 Å². The van der Waals surface area contributed by atoms with E-state index in [1.54, 1.807) is 0 Å². The van der Waals surface area contributed by atoms with E-state index >= 15 is 0 Å². The predicted molar refractivity (Wildman–Crippen MR) is 527 cm³/mol. The Balaban J connectivity index is 0. The summed E-state index contributed by atoms with van der Waals surface area (Å²) in [6.07, 6.45) is 0. The van der Waals surface area contributed by atoms with Crippen LogP contribution in [0.5, 0.6) is 0 Å². The van der Waals surface area contributed by atoms with Crippen LogP contribution in [0, 0.1) is 0 Å². The number of rotatable bonds is 0. The summed E-state index contributed by atoms with van der Waals surface area (Å²) in [5, 5.41) is 0. The van der Waals surface area contributed by atoms with Crippen molar-refractivity contribution in [3.8, 4) is 0 Å². The topological polar surface area (TPSA) is 0 Å². The van der Waals surface area contributed by atoms with E-state index in [0.717, 1.165) is 0 Å². The third kappa shape index (κ3) is 1270. The largest absolute Gasteiger partial charge is 3.00 e. The quantitative estimate of drug-likeness (QED) is 0.327. The summed E-state index contributed by atoms with van der Waals surface area (Å²) in [5.41, 5.74) is 0. The molecule has 0 aromatic carbocycles. The van der Waals surface area contributed by atoms with Crippen molar-refractivity contribution in [2.45, 2.75) is 0 Å².